The fraction of sp³-hybridized carbons (Fsp3) is 0.391. The lowest BCUT2D eigenvalue weighted by atomic mass is 10.1. The number of hydrogen-bond donors (Lipinski definition) is 2. The van der Waals surface area contributed by atoms with E-state index in [2.05, 4.69) is 51.7 Å². The highest BCUT2D eigenvalue weighted by Gasteiger charge is 2.12. The van der Waals surface area contributed by atoms with Crippen molar-refractivity contribution >= 4 is 39.5 Å². The summed E-state index contributed by atoms with van der Waals surface area (Å²) in [5, 5.41) is 7.32. The summed E-state index contributed by atoms with van der Waals surface area (Å²) in [6.45, 7) is 8.36. The molecular weight excluding hydrogens is 494 g/mol. The molecule has 0 saturated heterocycles. The number of nitrogens with one attached hydrogen (secondary N) is 2. The molecule has 0 fully saturated rings. The van der Waals surface area contributed by atoms with Crippen LogP contribution in [0.15, 0.2) is 39.9 Å². The molecule has 0 unspecified atom stereocenters. The normalized spacial score (nSPS) is 10.8. The van der Waals surface area contributed by atoms with Crippen LogP contribution in [0.25, 0.3) is 0 Å². The van der Waals surface area contributed by atoms with Gasteiger partial charge in [0.2, 0.25) is 0 Å². The van der Waals surface area contributed by atoms with E-state index >= 15 is 0 Å². The van der Waals surface area contributed by atoms with Crippen LogP contribution in [0, 0.1) is 13.8 Å². The van der Waals surface area contributed by atoms with Gasteiger partial charge in [-0.25, -0.2) is 0 Å². The smallest absolute Gasteiger partial charge is 0.186 e. The summed E-state index contributed by atoms with van der Waals surface area (Å²) in [5.74, 6) is 2.10. The number of benzene rings is 2. The van der Waals surface area contributed by atoms with Gasteiger partial charge in [-0.05, 0) is 89.9 Å². The van der Waals surface area contributed by atoms with Gasteiger partial charge in [0, 0.05) is 7.05 Å². The second-order valence-corrected chi connectivity index (χ2v) is 8.03. The molecular formula is C23H30BrN3O4S. The van der Waals surface area contributed by atoms with Crippen LogP contribution in [-0.2, 0) is 4.74 Å². The second kappa shape index (κ2) is 13.9. The zero-order chi connectivity index (χ0) is 23.3. The second-order valence-electron chi connectivity index (χ2n) is 6.77. The van der Waals surface area contributed by atoms with Crippen LogP contribution in [0.2, 0.25) is 0 Å². The van der Waals surface area contributed by atoms with Gasteiger partial charge in [0.15, 0.2) is 16.6 Å². The lowest BCUT2D eigenvalue weighted by molar-refractivity contribution is 0.0753. The molecule has 0 aliphatic rings. The molecule has 0 aliphatic carbocycles. The van der Waals surface area contributed by atoms with E-state index in [4.69, 9.17) is 31.2 Å². The van der Waals surface area contributed by atoms with Crippen LogP contribution in [0.1, 0.15) is 23.6 Å². The van der Waals surface area contributed by atoms with Crippen molar-refractivity contribution in [3.63, 3.8) is 0 Å². The first kappa shape index (κ1) is 25.9. The third-order valence-electron chi connectivity index (χ3n) is 4.39. The van der Waals surface area contributed by atoms with Gasteiger partial charge in [0.25, 0.3) is 0 Å². The van der Waals surface area contributed by atoms with Crippen LogP contribution in [-0.4, -0.2) is 51.4 Å². The molecule has 0 amide bonds. The molecule has 0 bridgehead atoms. The summed E-state index contributed by atoms with van der Waals surface area (Å²) < 4.78 is 23.7. The number of ether oxygens (including phenoxy) is 4. The van der Waals surface area contributed by atoms with Gasteiger partial charge in [0.05, 0.1) is 30.5 Å². The average molecular weight is 524 g/mol. The molecule has 2 rings (SSSR count). The van der Waals surface area contributed by atoms with Crippen LogP contribution in [0.3, 0.4) is 0 Å². The number of rotatable bonds is 12. The van der Waals surface area contributed by atoms with Crippen molar-refractivity contribution in [3.05, 3.63) is 51.5 Å². The minimum Gasteiger partial charge on any atom is -0.491 e. The first-order valence-corrected chi connectivity index (χ1v) is 11.5. The summed E-state index contributed by atoms with van der Waals surface area (Å²) in [4.78, 5) is 0. The summed E-state index contributed by atoms with van der Waals surface area (Å²) >= 11 is 8.54. The molecule has 9 heteroatoms. The van der Waals surface area contributed by atoms with E-state index in [9.17, 15) is 0 Å². The Morgan fingerprint density at radius 2 is 1.78 bits per heavy atom. The predicted molar refractivity (Wildman–Crippen MR) is 135 cm³/mol. The van der Waals surface area contributed by atoms with Crippen LogP contribution < -0.4 is 25.0 Å². The molecule has 32 heavy (non-hydrogen) atoms. The largest absolute Gasteiger partial charge is 0.491 e. The highest BCUT2D eigenvalue weighted by Crippen LogP contribution is 2.36. The molecule has 0 saturated carbocycles. The lowest BCUT2D eigenvalue weighted by Gasteiger charge is -2.15. The van der Waals surface area contributed by atoms with Crippen molar-refractivity contribution in [2.75, 3.05) is 40.1 Å². The summed E-state index contributed by atoms with van der Waals surface area (Å²) in [6.07, 6.45) is 1.65. The van der Waals surface area contributed by atoms with E-state index in [0.717, 1.165) is 15.8 Å². The van der Waals surface area contributed by atoms with Crippen LogP contribution in [0.5, 0.6) is 17.2 Å². The topological polar surface area (TPSA) is 73.3 Å². The van der Waals surface area contributed by atoms with Gasteiger partial charge >= 0.3 is 0 Å². The number of aryl methyl sites for hydroxylation is 2. The molecule has 2 aromatic rings. The number of halogens is 1. The minimum atomic E-state index is 0.383. The third kappa shape index (κ3) is 8.64. The van der Waals surface area contributed by atoms with Crippen molar-refractivity contribution < 1.29 is 18.9 Å². The Hall–Kier alpha value is -2.36. The first-order chi connectivity index (χ1) is 15.4. The Balaban J connectivity index is 1.80. The number of nitrogens with zero attached hydrogens (tertiary/aromatic N) is 1. The average Bonchev–Trinajstić information content (AvgIpc) is 2.77. The van der Waals surface area contributed by atoms with E-state index < -0.39 is 0 Å². The minimum absolute atomic E-state index is 0.383. The number of thiocarbonyl (C=S) groups is 1. The predicted octanol–water partition coefficient (Wildman–Crippen LogP) is 4.37. The first-order valence-electron chi connectivity index (χ1n) is 10.3. The van der Waals surface area contributed by atoms with Crippen molar-refractivity contribution in [1.29, 1.82) is 0 Å². The van der Waals surface area contributed by atoms with Crippen molar-refractivity contribution in [2.24, 2.45) is 5.10 Å². The highest BCUT2D eigenvalue weighted by atomic mass is 79.9. The Morgan fingerprint density at radius 1 is 1.03 bits per heavy atom. The van der Waals surface area contributed by atoms with Crippen LogP contribution in [0.4, 0.5) is 0 Å². The van der Waals surface area contributed by atoms with E-state index in [-0.39, 0.29) is 0 Å². The quantitative estimate of drug-likeness (QED) is 0.185. The lowest BCUT2D eigenvalue weighted by Crippen LogP contribution is -2.28. The SMILES string of the molecule is CCOc1cc(/C=N\NC(=S)NC)cc(Br)c1OCCOCCOc1ccc(C)c(C)c1. The molecule has 0 aromatic heterocycles. The van der Waals surface area contributed by atoms with E-state index in [1.807, 2.05) is 31.2 Å². The summed E-state index contributed by atoms with van der Waals surface area (Å²) in [7, 11) is 1.72. The maximum Gasteiger partial charge on any atom is 0.186 e. The standard InChI is InChI=1S/C23H30BrN3O4S/c1-5-29-21-14-18(15-26-27-23(32)25-4)13-20(24)22(21)31-11-9-28-8-10-30-19-7-6-16(2)17(3)12-19/h6-7,12-15H,5,8-11H2,1-4H3,(H2,25,27,32)/b26-15-. The van der Waals surface area contributed by atoms with Crippen LogP contribution >= 0.6 is 28.1 Å². The maximum absolute atomic E-state index is 5.90. The van der Waals surface area contributed by atoms with Crippen molar-refractivity contribution in [1.82, 2.24) is 10.7 Å². The Labute approximate surface area is 203 Å². The molecule has 7 nitrogen and oxygen atoms in total. The van der Waals surface area contributed by atoms with Gasteiger partial charge in [-0.2, -0.15) is 5.10 Å². The summed E-state index contributed by atoms with van der Waals surface area (Å²) in [5.41, 5.74) is 6.01. The molecule has 2 aromatic carbocycles. The highest BCUT2D eigenvalue weighted by molar-refractivity contribution is 9.10. The number of hydrazone groups is 1. The molecule has 0 heterocycles. The molecule has 0 radical (unpaired) electrons. The van der Waals surface area contributed by atoms with E-state index in [0.29, 0.717) is 49.6 Å². The fourth-order valence-corrected chi connectivity index (χ4v) is 3.24. The maximum atomic E-state index is 5.90. The summed E-state index contributed by atoms with van der Waals surface area (Å²) in [6, 6.07) is 9.80. The van der Waals surface area contributed by atoms with Gasteiger partial charge in [0.1, 0.15) is 19.0 Å². The fourth-order valence-electron chi connectivity index (χ4n) is 2.61. The Kier molecular flexibility index (Phi) is 11.3. The zero-order valence-electron chi connectivity index (χ0n) is 18.9. The monoisotopic (exact) mass is 523 g/mol. The van der Waals surface area contributed by atoms with E-state index in [1.165, 1.54) is 11.1 Å². The molecule has 0 atom stereocenters. The Morgan fingerprint density at radius 3 is 2.47 bits per heavy atom. The molecule has 0 aliphatic heterocycles. The Bertz CT molecular complexity index is 924. The number of hydrogen-bond acceptors (Lipinski definition) is 6. The molecule has 0 spiro atoms. The third-order valence-corrected chi connectivity index (χ3v) is 5.27. The van der Waals surface area contributed by atoms with Gasteiger partial charge in [-0.3, -0.25) is 5.43 Å². The van der Waals surface area contributed by atoms with Gasteiger partial charge in [-0.1, -0.05) is 6.07 Å². The molecule has 174 valence electrons. The van der Waals surface area contributed by atoms with E-state index in [1.54, 1.807) is 13.3 Å². The van der Waals surface area contributed by atoms with Crippen molar-refractivity contribution in [3.8, 4) is 17.2 Å². The van der Waals surface area contributed by atoms with Gasteiger partial charge in [-0.15, -0.1) is 0 Å². The van der Waals surface area contributed by atoms with Gasteiger partial charge < -0.3 is 24.3 Å². The zero-order valence-corrected chi connectivity index (χ0v) is 21.3. The van der Waals surface area contributed by atoms with Crippen molar-refractivity contribution in [2.45, 2.75) is 20.8 Å². The molecule has 2 N–H and O–H groups in total.